The van der Waals surface area contributed by atoms with Crippen LogP contribution in [0.3, 0.4) is 0 Å². The zero-order chi connectivity index (χ0) is 16.1. The number of nitrogens with one attached hydrogen (secondary N) is 1. The number of anilines is 1. The highest BCUT2D eigenvalue weighted by atomic mass is 79.9. The molecule has 0 bridgehead atoms. The molecule has 0 saturated heterocycles. The van der Waals surface area contributed by atoms with E-state index in [1.165, 1.54) is 6.92 Å². The smallest absolute Gasteiger partial charge is 0.338 e. The van der Waals surface area contributed by atoms with Crippen molar-refractivity contribution in [2.75, 3.05) is 5.32 Å². The molecule has 0 unspecified atom stereocenters. The van der Waals surface area contributed by atoms with E-state index in [1.54, 1.807) is 48.5 Å². The Balaban J connectivity index is 1.99. The summed E-state index contributed by atoms with van der Waals surface area (Å²) in [4.78, 5) is 24.0. The number of ether oxygens (including phenoxy) is 1. The molecule has 4 nitrogen and oxygen atoms in total. The normalized spacial score (nSPS) is 11.6. The number of rotatable bonds is 4. The van der Waals surface area contributed by atoms with E-state index in [9.17, 15) is 9.59 Å². The van der Waals surface area contributed by atoms with Crippen LogP contribution in [-0.4, -0.2) is 18.0 Å². The van der Waals surface area contributed by atoms with Crippen molar-refractivity contribution in [3.05, 3.63) is 63.6 Å². The minimum absolute atomic E-state index is 0.367. The van der Waals surface area contributed by atoms with Crippen molar-refractivity contribution in [1.29, 1.82) is 0 Å². The van der Waals surface area contributed by atoms with Crippen molar-refractivity contribution in [3.8, 4) is 0 Å². The molecule has 22 heavy (non-hydrogen) atoms. The molecule has 0 radical (unpaired) electrons. The Morgan fingerprint density at radius 1 is 1.18 bits per heavy atom. The molecule has 2 aromatic carbocycles. The molecule has 2 rings (SSSR count). The second kappa shape index (κ2) is 7.42. The van der Waals surface area contributed by atoms with Gasteiger partial charge in [0.05, 0.1) is 16.3 Å². The van der Waals surface area contributed by atoms with Gasteiger partial charge in [0.15, 0.2) is 6.10 Å². The van der Waals surface area contributed by atoms with Gasteiger partial charge < -0.3 is 10.1 Å². The molecule has 0 aliphatic carbocycles. The molecule has 114 valence electrons. The predicted molar refractivity (Wildman–Crippen MR) is 89.1 cm³/mol. The first kappa shape index (κ1) is 16.5. The maximum atomic E-state index is 12.0. The highest BCUT2D eigenvalue weighted by molar-refractivity contribution is 9.10. The second-order valence-electron chi connectivity index (χ2n) is 4.53. The van der Waals surface area contributed by atoms with Crippen molar-refractivity contribution < 1.29 is 14.3 Å². The van der Waals surface area contributed by atoms with Gasteiger partial charge in [-0.1, -0.05) is 45.7 Å². The predicted octanol–water partition coefficient (Wildman–Crippen LogP) is 4.29. The van der Waals surface area contributed by atoms with Gasteiger partial charge >= 0.3 is 5.97 Å². The fraction of sp³-hybridized carbons (Fsp3) is 0.125. The molecule has 0 aliphatic heterocycles. The van der Waals surface area contributed by atoms with Crippen LogP contribution in [0.25, 0.3) is 0 Å². The SMILES string of the molecule is C[C@@H](OC(=O)c1cccc(Br)c1)C(=O)Nc1ccccc1Cl. The van der Waals surface area contributed by atoms with Crippen LogP contribution < -0.4 is 5.32 Å². The van der Waals surface area contributed by atoms with Crippen molar-refractivity contribution in [2.45, 2.75) is 13.0 Å². The number of amides is 1. The van der Waals surface area contributed by atoms with Crippen molar-refractivity contribution in [1.82, 2.24) is 0 Å². The van der Waals surface area contributed by atoms with Crippen LogP contribution >= 0.6 is 27.5 Å². The van der Waals surface area contributed by atoms with Crippen molar-refractivity contribution in [3.63, 3.8) is 0 Å². The highest BCUT2D eigenvalue weighted by Crippen LogP contribution is 2.21. The van der Waals surface area contributed by atoms with Crippen LogP contribution in [0.15, 0.2) is 53.0 Å². The van der Waals surface area contributed by atoms with Crippen LogP contribution in [-0.2, 0) is 9.53 Å². The van der Waals surface area contributed by atoms with Crippen LogP contribution in [0.2, 0.25) is 5.02 Å². The molecule has 6 heteroatoms. The van der Waals surface area contributed by atoms with E-state index in [0.717, 1.165) is 4.47 Å². The Hall–Kier alpha value is -1.85. The largest absolute Gasteiger partial charge is 0.449 e. The maximum absolute atomic E-state index is 12.0. The van der Waals surface area contributed by atoms with Crippen LogP contribution in [0.5, 0.6) is 0 Å². The summed E-state index contributed by atoms with van der Waals surface area (Å²) in [6.45, 7) is 1.50. The topological polar surface area (TPSA) is 55.4 Å². The summed E-state index contributed by atoms with van der Waals surface area (Å²) < 4.78 is 5.91. The zero-order valence-corrected chi connectivity index (χ0v) is 14.0. The lowest BCUT2D eigenvalue weighted by Crippen LogP contribution is -2.30. The molecule has 0 aromatic heterocycles. The maximum Gasteiger partial charge on any atom is 0.338 e. The Bertz CT molecular complexity index is 705. The van der Waals surface area contributed by atoms with Crippen molar-refractivity contribution >= 4 is 45.1 Å². The molecule has 2 aromatic rings. The summed E-state index contributed by atoms with van der Waals surface area (Å²) in [5.74, 6) is -1.01. The summed E-state index contributed by atoms with van der Waals surface area (Å²) in [7, 11) is 0. The Kier molecular flexibility index (Phi) is 5.57. The van der Waals surface area contributed by atoms with E-state index in [2.05, 4.69) is 21.2 Å². The average Bonchev–Trinajstić information content (AvgIpc) is 2.49. The van der Waals surface area contributed by atoms with Crippen LogP contribution in [0.4, 0.5) is 5.69 Å². The molecule has 0 spiro atoms. The molecular formula is C16H13BrClNO3. The van der Waals surface area contributed by atoms with Gasteiger partial charge in [0.25, 0.3) is 5.91 Å². The van der Waals surface area contributed by atoms with E-state index in [-0.39, 0.29) is 0 Å². The number of halogens is 2. The second-order valence-corrected chi connectivity index (χ2v) is 5.85. The molecule has 0 saturated carbocycles. The number of esters is 1. The number of para-hydroxylation sites is 1. The van der Waals surface area contributed by atoms with Gasteiger partial charge in [-0.3, -0.25) is 4.79 Å². The molecule has 0 fully saturated rings. The minimum Gasteiger partial charge on any atom is -0.449 e. The Morgan fingerprint density at radius 3 is 2.59 bits per heavy atom. The minimum atomic E-state index is -0.942. The first-order chi connectivity index (χ1) is 10.5. The van der Waals surface area contributed by atoms with Crippen LogP contribution in [0.1, 0.15) is 17.3 Å². The van der Waals surface area contributed by atoms with E-state index in [1.807, 2.05) is 0 Å². The van der Waals surface area contributed by atoms with Gasteiger partial charge in [0, 0.05) is 4.47 Å². The fourth-order valence-corrected chi connectivity index (χ4v) is 2.28. The van der Waals surface area contributed by atoms with E-state index < -0.39 is 18.0 Å². The van der Waals surface area contributed by atoms with Gasteiger partial charge in [-0.25, -0.2) is 4.79 Å². The number of hydrogen-bond acceptors (Lipinski definition) is 3. The summed E-state index contributed by atoms with van der Waals surface area (Å²) in [5, 5.41) is 3.04. The summed E-state index contributed by atoms with van der Waals surface area (Å²) in [6.07, 6.45) is -0.942. The Morgan fingerprint density at radius 2 is 1.91 bits per heavy atom. The third kappa shape index (κ3) is 4.32. The molecule has 1 amide bonds. The summed E-state index contributed by atoms with van der Waals surface area (Å²) in [6, 6.07) is 13.6. The monoisotopic (exact) mass is 381 g/mol. The zero-order valence-electron chi connectivity index (χ0n) is 11.7. The van der Waals surface area contributed by atoms with Crippen molar-refractivity contribution in [2.24, 2.45) is 0 Å². The quantitative estimate of drug-likeness (QED) is 0.803. The standard InChI is InChI=1S/C16H13BrClNO3/c1-10(15(20)19-14-8-3-2-7-13(14)18)22-16(21)11-5-4-6-12(17)9-11/h2-10H,1H3,(H,19,20)/t10-/m1/s1. The molecule has 0 heterocycles. The fourth-order valence-electron chi connectivity index (χ4n) is 1.69. The first-order valence-corrected chi connectivity index (χ1v) is 7.66. The highest BCUT2D eigenvalue weighted by Gasteiger charge is 2.19. The molecular weight excluding hydrogens is 370 g/mol. The lowest BCUT2D eigenvalue weighted by Gasteiger charge is -2.14. The first-order valence-electron chi connectivity index (χ1n) is 6.49. The van der Waals surface area contributed by atoms with E-state index in [0.29, 0.717) is 16.3 Å². The van der Waals surface area contributed by atoms with Gasteiger partial charge in [-0.05, 0) is 37.3 Å². The molecule has 1 atom stereocenters. The van der Waals surface area contributed by atoms with Gasteiger partial charge in [0.1, 0.15) is 0 Å². The lowest BCUT2D eigenvalue weighted by molar-refractivity contribution is -0.123. The van der Waals surface area contributed by atoms with E-state index in [4.69, 9.17) is 16.3 Å². The number of carbonyl (C=O) groups excluding carboxylic acids is 2. The van der Waals surface area contributed by atoms with Gasteiger partial charge in [-0.15, -0.1) is 0 Å². The number of benzene rings is 2. The third-order valence-corrected chi connectivity index (χ3v) is 3.67. The Labute approximate surface area is 141 Å². The van der Waals surface area contributed by atoms with E-state index >= 15 is 0 Å². The third-order valence-electron chi connectivity index (χ3n) is 2.85. The number of hydrogen-bond donors (Lipinski definition) is 1. The molecule has 0 aliphatic rings. The summed E-state index contributed by atoms with van der Waals surface area (Å²) in [5.41, 5.74) is 0.839. The van der Waals surface area contributed by atoms with Gasteiger partial charge in [-0.2, -0.15) is 0 Å². The summed E-state index contributed by atoms with van der Waals surface area (Å²) >= 11 is 9.24. The molecule has 1 N–H and O–H groups in total. The lowest BCUT2D eigenvalue weighted by atomic mass is 10.2. The average molecular weight is 383 g/mol. The van der Waals surface area contributed by atoms with Crippen LogP contribution in [0, 0.1) is 0 Å². The number of carbonyl (C=O) groups is 2. The van der Waals surface area contributed by atoms with Gasteiger partial charge in [0.2, 0.25) is 0 Å².